The van der Waals surface area contributed by atoms with Crippen molar-refractivity contribution in [3.63, 3.8) is 0 Å². The summed E-state index contributed by atoms with van der Waals surface area (Å²) in [5.41, 5.74) is -13.7. The van der Waals surface area contributed by atoms with Crippen LogP contribution in [0, 0.1) is 18.6 Å². The molecule has 1 saturated heterocycles. The van der Waals surface area contributed by atoms with Gasteiger partial charge in [-0.05, 0) is 66.2 Å². The predicted molar refractivity (Wildman–Crippen MR) is 198 cm³/mol. The minimum absolute atomic E-state index is 0.302. The lowest BCUT2D eigenvalue weighted by Crippen LogP contribution is -2.48. The number of piperidine rings is 1. The highest BCUT2D eigenvalue weighted by Gasteiger charge is 2.32. The number of pyridine rings is 1. The third kappa shape index (κ3) is 9.00. The number of amides is 1. The molecule has 5 aromatic rings. The van der Waals surface area contributed by atoms with E-state index in [0.717, 1.165) is 6.92 Å². The number of para-hydroxylation sites is 1. The molecular weight excluding hydrogens is 710 g/mol. The van der Waals surface area contributed by atoms with Crippen molar-refractivity contribution in [2.24, 2.45) is 0 Å². The van der Waals surface area contributed by atoms with Gasteiger partial charge in [-0.25, -0.2) is 8.78 Å². The zero-order valence-electron chi connectivity index (χ0n) is 51.2. The maximum absolute atomic E-state index is 15.6. The van der Waals surface area contributed by atoms with Gasteiger partial charge in [0.15, 0.2) is 17.1 Å². The van der Waals surface area contributed by atoms with Crippen molar-refractivity contribution in [3.05, 3.63) is 135 Å². The number of thioether (sulfide) groups is 1. The lowest BCUT2D eigenvalue weighted by molar-refractivity contribution is -0.138. The number of carbonyl (C=O) groups is 1. The van der Waals surface area contributed by atoms with Gasteiger partial charge in [0.25, 0.3) is 0 Å². The molecule has 6 rings (SSSR count). The summed E-state index contributed by atoms with van der Waals surface area (Å²) in [5.74, 6) is -5.88. The van der Waals surface area contributed by atoms with Crippen LogP contribution < -0.4 is 5.43 Å². The maximum atomic E-state index is 15.6. The Kier molecular flexibility index (Phi) is 5.72. The standard InChI is InChI=1S/C41H40F5N3O3S/c1-27-22-30(14-15-34(27)41(44,45)46)29-12-10-28(11-13-29)24-48(32-16-18-47(19-17-32)20-21-52-2)38(51)25-49-36-9-4-3-7-33(36)37(50)23-39(49)53-26-31-6-5-8-35(42)40(31)43/h3-15,22-23,32H,16-21,24-26H2,1-2H3/i2D3,3D,4D,5D,6D,7D,8D,9D,10D,11D,12D,13D,14D,15D,21D2,22D,23D,24D2,26D2. The molecule has 4 aromatic carbocycles. The summed E-state index contributed by atoms with van der Waals surface area (Å²) >= 11 is -0.415. The Balaban J connectivity index is 1.62. The SMILES string of the molecule is [2H]c1c([2H])c(F)c(F)c(C([2H])([2H])Sc2c([2H])c(=O)c3c([2H])c([2H])c([2H])c([2H])c3n2CC(=O)N(C2CCN(CC([2H])([2H])OC([2H])([2H])[2H])CC2)C([2H])([2H])c2c([2H])c([2H])c(-c3c([2H])c([2H])c(C(F)(F)F)c(C)c3[2H])c([2H])c2[2H])c1[2H]. The number of benzene rings is 4. The molecule has 53 heavy (non-hydrogen) atoms. The largest absolute Gasteiger partial charge is 0.416 e. The smallest absolute Gasteiger partial charge is 0.383 e. The molecule has 1 aliphatic rings. The zero-order chi connectivity index (χ0) is 58.6. The summed E-state index contributed by atoms with van der Waals surface area (Å²) in [7, 11) is -3.22. The summed E-state index contributed by atoms with van der Waals surface area (Å²) in [4.78, 5) is 30.9. The van der Waals surface area contributed by atoms with Crippen LogP contribution in [-0.4, -0.2) is 59.5 Å². The van der Waals surface area contributed by atoms with Crippen LogP contribution in [0.15, 0.2) is 100 Å². The minimum Gasteiger partial charge on any atom is -0.383 e. The maximum Gasteiger partial charge on any atom is 0.416 e. The molecule has 1 aromatic heterocycles. The van der Waals surface area contributed by atoms with Gasteiger partial charge in [0, 0.05) is 64.6 Å². The van der Waals surface area contributed by atoms with Crippen molar-refractivity contribution in [3.8, 4) is 11.1 Å². The van der Waals surface area contributed by atoms with Crippen molar-refractivity contribution in [1.29, 1.82) is 0 Å². The Labute approximate surface area is 342 Å². The minimum atomic E-state index is -5.28. The van der Waals surface area contributed by atoms with Crippen LogP contribution in [0.1, 0.15) is 68.0 Å². The molecule has 12 heteroatoms. The average molecular weight is 774 g/mol. The lowest BCUT2D eigenvalue weighted by atomic mass is 9.98. The molecule has 0 spiro atoms. The van der Waals surface area contributed by atoms with E-state index in [4.69, 9.17) is 30.2 Å². The van der Waals surface area contributed by atoms with E-state index < -0.39 is 239 Å². The summed E-state index contributed by atoms with van der Waals surface area (Å²) in [6, 6.07) is -20.9. The van der Waals surface area contributed by atoms with Gasteiger partial charge in [-0.3, -0.25) is 9.59 Å². The highest BCUT2D eigenvalue weighted by molar-refractivity contribution is 7.98. The fourth-order valence-electron chi connectivity index (χ4n) is 5.32. The van der Waals surface area contributed by atoms with E-state index in [1.165, 1.54) is 4.90 Å². The van der Waals surface area contributed by atoms with Gasteiger partial charge in [0.1, 0.15) is 6.54 Å². The number of ether oxygens (including phenoxy) is 1. The molecule has 1 amide bonds. The van der Waals surface area contributed by atoms with Gasteiger partial charge in [-0.1, -0.05) is 60.4 Å². The van der Waals surface area contributed by atoms with Crippen LogP contribution in [-0.2, 0) is 34.5 Å². The second-order valence-corrected chi connectivity index (χ2v) is 12.1. The molecule has 0 aliphatic carbocycles. The quantitative estimate of drug-likeness (QED) is 0.0939. The Hall–Kier alpha value is -4.52. The second-order valence-electron chi connectivity index (χ2n) is 11.3. The second kappa shape index (κ2) is 16.7. The summed E-state index contributed by atoms with van der Waals surface area (Å²) in [6.45, 7) is -8.73. The number of methoxy groups -OCH3 is 1. The Morgan fingerprint density at radius 3 is 2.47 bits per heavy atom. The van der Waals surface area contributed by atoms with E-state index in [9.17, 15) is 25.1 Å². The van der Waals surface area contributed by atoms with Gasteiger partial charge in [-0.2, -0.15) is 13.2 Å². The summed E-state index contributed by atoms with van der Waals surface area (Å²) < 4.78 is 281. The molecule has 6 nitrogen and oxygen atoms in total. The van der Waals surface area contributed by atoms with Crippen LogP contribution in [0.2, 0.25) is 0 Å². The van der Waals surface area contributed by atoms with E-state index in [1.54, 1.807) is 0 Å². The van der Waals surface area contributed by atoms with Crippen LogP contribution in [0.25, 0.3) is 22.0 Å². The highest BCUT2D eigenvalue weighted by atomic mass is 32.2. The third-order valence-corrected chi connectivity index (χ3v) is 8.71. The zero-order valence-corrected chi connectivity index (χ0v) is 28.0. The van der Waals surface area contributed by atoms with Crippen molar-refractivity contribution < 1.29 is 64.4 Å². The van der Waals surface area contributed by atoms with Gasteiger partial charge in [0.2, 0.25) is 5.91 Å². The number of rotatable bonds is 12. The van der Waals surface area contributed by atoms with Gasteiger partial charge >= 0.3 is 6.18 Å². The molecule has 0 N–H and O–H groups in total. The molecule has 2 heterocycles. The molecular formula is C41H40F5N3O3S. The van der Waals surface area contributed by atoms with Gasteiger partial charge in [0.05, 0.1) is 52.8 Å². The first kappa shape index (κ1) is 18.2. The predicted octanol–water partition coefficient (Wildman–Crippen LogP) is 8.71. The Morgan fingerprint density at radius 1 is 1.00 bits per heavy atom. The fraction of sp³-hybridized carbons (Fsp3) is 0.317. The van der Waals surface area contributed by atoms with Crippen LogP contribution in [0.5, 0.6) is 0 Å². The van der Waals surface area contributed by atoms with Crippen LogP contribution >= 0.6 is 11.8 Å². The molecule has 0 bridgehead atoms. The molecule has 1 fully saturated rings. The summed E-state index contributed by atoms with van der Waals surface area (Å²) in [5, 5.41) is -2.16. The van der Waals surface area contributed by atoms with E-state index in [0.29, 0.717) is 9.47 Å². The van der Waals surface area contributed by atoms with Gasteiger partial charge in [-0.15, -0.1) is 11.8 Å². The molecule has 0 saturated carbocycles. The van der Waals surface area contributed by atoms with Gasteiger partial charge < -0.3 is 19.1 Å². The number of nitrogens with zero attached hydrogens (tertiary/aromatic N) is 3. The highest BCUT2D eigenvalue weighted by Crippen LogP contribution is 2.34. The molecule has 1 aliphatic heterocycles. The first-order valence-corrected chi connectivity index (χ1v) is 16.2. The van der Waals surface area contributed by atoms with Crippen LogP contribution in [0.3, 0.4) is 0 Å². The first-order valence-electron chi connectivity index (χ1n) is 27.4. The van der Waals surface area contributed by atoms with E-state index >= 15 is 9.18 Å². The van der Waals surface area contributed by atoms with E-state index in [2.05, 4.69) is 4.74 Å². The Morgan fingerprint density at radius 2 is 1.74 bits per heavy atom. The molecule has 0 atom stereocenters. The number of fused-ring (bicyclic) bond motifs is 1. The van der Waals surface area contributed by atoms with Crippen molar-refractivity contribution in [2.45, 2.75) is 55.8 Å². The average Bonchev–Trinajstić information content (AvgIpc) is 3.30. The van der Waals surface area contributed by atoms with Crippen molar-refractivity contribution in [1.82, 2.24) is 14.4 Å². The van der Waals surface area contributed by atoms with Crippen molar-refractivity contribution in [2.75, 3.05) is 33.2 Å². The topological polar surface area (TPSA) is 54.8 Å². The third-order valence-electron chi connectivity index (χ3n) is 7.89. The number of hydrogen-bond acceptors (Lipinski definition) is 5. The lowest BCUT2D eigenvalue weighted by Gasteiger charge is -2.39. The molecule has 278 valence electrons. The number of aromatic nitrogens is 1. The molecule has 0 radical (unpaired) electrons. The number of hydrogen-bond donors (Lipinski definition) is 0. The summed E-state index contributed by atoms with van der Waals surface area (Å²) in [6.07, 6.45) is -6.15. The molecule has 0 unspecified atom stereocenters. The fourth-order valence-corrected chi connectivity index (χ4v) is 6.07. The monoisotopic (exact) mass is 773 g/mol. The number of likely N-dealkylation sites (tertiary alicyclic amines) is 1. The number of halogens is 5. The number of carbonyl (C=O) groups excluding carboxylic acids is 1. The number of alkyl halides is 3. The first-order chi connectivity index (χ1) is 35.0. The normalized spacial score (nSPS) is 21.7. The Bertz CT molecular complexity index is 3260. The van der Waals surface area contributed by atoms with Crippen LogP contribution in [0.4, 0.5) is 22.0 Å². The van der Waals surface area contributed by atoms with E-state index in [-0.39, 0.29) is 13.1 Å². The van der Waals surface area contributed by atoms with E-state index in [1.807, 2.05) is 0 Å². The van der Waals surface area contributed by atoms with Crippen molar-refractivity contribution >= 4 is 28.6 Å².